The Balaban J connectivity index is 2.21. The summed E-state index contributed by atoms with van der Waals surface area (Å²) in [5, 5.41) is 0. The Bertz CT molecular complexity index is 907. The third-order valence-electron chi connectivity index (χ3n) is 8.94. The Morgan fingerprint density at radius 3 is 1.31 bits per heavy atom. The molecule has 0 aliphatic carbocycles. The normalized spacial score (nSPS) is 12.1. The van der Waals surface area contributed by atoms with Gasteiger partial charge in [0.25, 0.3) is 0 Å². The maximum atomic E-state index is 12.6. The SMILES string of the molecule is CCCCC/C=C\C/C=C\CCCCCCCCC(CCCCCCCC/C=C\C/C=C\CCCCC)OC(=O)Oc1ccc(C)cc1. The number of benzene rings is 1. The Kier molecular flexibility index (Phi) is 31.1. The van der Waals surface area contributed by atoms with Crippen molar-refractivity contribution in [1.82, 2.24) is 0 Å². The van der Waals surface area contributed by atoms with Crippen molar-refractivity contribution >= 4 is 6.16 Å². The number of carbonyl (C=O) groups is 1. The Hall–Kier alpha value is -2.55. The molecule has 0 saturated carbocycles. The second-order valence-electron chi connectivity index (χ2n) is 13.7. The lowest BCUT2D eigenvalue weighted by molar-refractivity contribution is 0.0483. The van der Waals surface area contributed by atoms with Crippen LogP contribution in [0.5, 0.6) is 5.75 Å². The van der Waals surface area contributed by atoms with Crippen LogP contribution < -0.4 is 4.74 Å². The number of allylic oxidation sites excluding steroid dienone is 8. The van der Waals surface area contributed by atoms with Crippen LogP contribution in [-0.4, -0.2) is 12.3 Å². The molecular formula is C45H74O3. The van der Waals surface area contributed by atoms with Gasteiger partial charge < -0.3 is 9.47 Å². The summed E-state index contributed by atoms with van der Waals surface area (Å²) in [6.45, 7) is 6.54. The van der Waals surface area contributed by atoms with E-state index in [1.165, 1.54) is 128 Å². The molecule has 0 N–H and O–H groups in total. The van der Waals surface area contributed by atoms with Crippen molar-refractivity contribution in [3.05, 3.63) is 78.4 Å². The average Bonchev–Trinajstić information content (AvgIpc) is 3.08. The predicted molar refractivity (Wildman–Crippen MR) is 210 cm³/mol. The minimum Gasteiger partial charge on any atom is -0.431 e. The van der Waals surface area contributed by atoms with Crippen LogP contribution in [0, 0.1) is 6.92 Å². The minimum absolute atomic E-state index is 0.0559. The van der Waals surface area contributed by atoms with E-state index in [1.54, 1.807) is 0 Å². The number of hydrogen-bond acceptors (Lipinski definition) is 3. The van der Waals surface area contributed by atoms with E-state index in [4.69, 9.17) is 9.47 Å². The van der Waals surface area contributed by atoms with Crippen molar-refractivity contribution in [3.8, 4) is 5.75 Å². The number of aryl methyl sites for hydroxylation is 1. The fraction of sp³-hybridized carbons (Fsp3) is 0.667. The van der Waals surface area contributed by atoms with Crippen molar-refractivity contribution in [3.63, 3.8) is 0 Å². The predicted octanol–water partition coefficient (Wildman–Crippen LogP) is 15.3. The van der Waals surface area contributed by atoms with Crippen LogP contribution in [0.15, 0.2) is 72.9 Å². The standard InChI is InChI=1S/C45H74O3/c1-4-6-8-10-12-14-16-18-20-22-24-26-28-30-32-34-36-43(47-45(46)48-44-40-38-42(3)39-41-44)37-35-33-31-29-27-25-23-21-19-17-15-13-11-9-7-5-2/h12-15,18-21,38-41,43H,4-11,16-17,22-37H2,1-3H3/b14-12-,15-13-,20-18-,21-19-. The molecule has 0 aliphatic heterocycles. The topological polar surface area (TPSA) is 35.5 Å². The summed E-state index contributed by atoms with van der Waals surface area (Å²) in [4.78, 5) is 12.6. The molecule has 0 unspecified atom stereocenters. The van der Waals surface area contributed by atoms with E-state index in [-0.39, 0.29) is 6.10 Å². The maximum Gasteiger partial charge on any atom is 0.514 e. The van der Waals surface area contributed by atoms with Gasteiger partial charge in [-0.05, 0) is 109 Å². The third kappa shape index (κ3) is 29.6. The minimum atomic E-state index is -0.566. The van der Waals surface area contributed by atoms with Gasteiger partial charge in [0.2, 0.25) is 0 Å². The van der Waals surface area contributed by atoms with Gasteiger partial charge in [-0.1, -0.05) is 157 Å². The summed E-state index contributed by atoms with van der Waals surface area (Å²) in [5.41, 5.74) is 1.14. The molecule has 0 bridgehead atoms. The van der Waals surface area contributed by atoms with E-state index < -0.39 is 6.16 Å². The first kappa shape index (κ1) is 43.5. The summed E-state index contributed by atoms with van der Waals surface area (Å²) >= 11 is 0. The highest BCUT2D eigenvalue weighted by Crippen LogP contribution is 2.19. The van der Waals surface area contributed by atoms with Gasteiger partial charge in [-0.25, -0.2) is 4.79 Å². The van der Waals surface area contributed by atoms with Gasteiger partial charge in [0, 0.05) is 0 Å². The summed E-state index contributed by atoms with van der Waals surface area (Å²) in [5.74, 6) is 0.548. The molecule has 0 aliphatic rings. The van der Waals surface area contributed by atoms with Crippen molar-refractivity contribution in [2.75, 3.05) is 0 Å². The second-order valence-corrected chi connectivity index (χ2v) is 13.7. The van der Waals surface area contributed by atoms with Crippen LogP contribution >= 0.6 is 0 Å². The lowest BCUT2D eigenvalue weighted by Gasteiger charge is -2.18. The first-order valence-corrected chi connectivity index (χ1v) is 20.2. The molecule has 272 valence electrons. The van der Waals surface area contributed by atoms with Crippen LogP contribution in [0.2, 0.25) is 0 Å². The number of unbranched alkanes of at least 4 members (excludes halogenated alkanes) is 18. The zero-order valence-corrected chi connectivity index (χ0v) is 31.6. The fourth-order valence-electron chi connectivity index (χ4n) is 5.85. The molecule has 0 fully saturated rings. The van der Waals surface area contributed by atoms with E-state index in [1.807, 2.05) is 31.2 Å². The van der Waals surface area contributed by atoms with Gasteiger partial charge in [0.05, 0.1) is 0 Å². The monoisotopic (exact) mass is 663 g/mol. The molecule has 1 aromatic carbocycles. The fourth-order valence-corrected chi connectivity index (χ4v) is 5.85. The van der Waals surface area contributed by atoms with Crippen LogP contribution in [0.1, 0.15) is 186 Å². The van der Waals surface area contributed by atoms with Crippen LogP contribution in [0.4, 0.5) is 4.79 Å². The van der Waals surface area contributed by atoms with Crippen molar-refractivity contribution < 1.29 is 14.3 Å². The molecule has 0 spiro atoms. The zero-order chi connectivity index (χ0) is 34.6. The van der Waals surface area contributed by atoms with E-state index >= 15 is 0 Å². The molecule has 48 heavy (non-hydrogen) atoms. The van der Waals surface area contributed by atoms with Gasteiger partial charge in [0.1, 0.15) is 11.9 Å². The Morgan fingerprint density at radius 1 is 0.521 bits per heavy atom. The number of carbonyl (C=O) groups excluding carboxylic acids is 1. The van der Waals surface area contributed by atoms with Gasteiger partial charge in [-0.3, -0.25) is 0 Å². The van der Waals surface area contributed by atoms with E-state index in [2.05, 4.69) is 62.5 Å². The first-order chi connectivity index (χ1) is 23.7. The molecular weight excluding hydrogens is 588 g/mol. The molecule has 1 rings (SSSR count). The average molecular weight is 663 g/mol. The molecule has 3 nitrogen and oxygen atoms in total. The second kappa shape index (κ2) is 34.3. The lowest BCUT2D eigenvalue weighted by atomic mass is 10.0. The molecule has 0 saturated heterocycles. The molecule has 0 heterocycles. The maximum absolute atomic E-state index is 12.6. The molecule has 0 amide bonds. The van der Waals surface area contributed by atoms with Crippen molar-refractivity contribution in [2.24, 2.45) is 0 Å². The largest absolute Gasteiger partial charge is 0.514 e. The summed E-state index contributed by atoms with van der Waals surface area (Å²) in [6, 6.07) is 7.57. The highest BCUT2D eigenvalue weighted by molar-refractivity contribution is 5.64. The van der Waals surface area contributed by atoms with Crippen LogP contribution in [0.25, 0.3) is 0 Å². The lowest BCUT2D eigenvalue weighted by Crippen LogP contribution is -2.21. The smallest absolute Gasteiger partial charge is 0.431 e. The van der Waals surface area contributed by atoms with Crippen LogP contribution in [-0.2, 0) is 4.74 Å². The first-order valence-electron chi connectivity index (χ1n) is 20.2. The van der Waals surface area contributed by atoms with Crippen LogP contribution in [0.3, 0.4) is 0 Å². The molecule has 1 aromatic rings. The zero-order valence-electron chi connectivity index (χ0n) is 31.6. The van der Waals surface area contributed by atoms with E-state index in [0.29, 0.717) is 5.75 Å². The quantitative estimate of drug-likeness (QED) is 0.0333. The third-order valence-corrected chi connectivity index (χ3v) is 8.94. The molecule has 0 atom stereocenters. The molecule has 0 aromatic heterocycles. The van der Waals surface area contributed by atoms with Gasteiger partial charge in [-0.2, -0.15) is 0 Å². The Morgan fingerprint density at radius 2 is 0.896 bits per heavy atom. The highest BCUT2D eigenvalue weighted by atomic mass is 16.7. The van der Waals surface area contributed by atoms with Gasteiger partial charge >= 0.3 is 6.16 Å². The van der Waals surface area contributed by atoms with Gasteiger partial charge in [-0.15, -0.1) is 0 Å². The van der Waals surface area contributed by atoms with Crippen molar-refractivity contribution in [1.29, 1.82) is 0 Å². The summed E-state index contributed by atoms with van der Waals surface area (Å²) < 4.78 is 11.3. The summed E-state index contributed by atoms with van der Waals surface area (Å²) in [7, 11) is 0. The molecule has 0 radical (unpaired) electrons. The molecule has 3 heteroatoms. The number of rotatable bonds is 32. The Labute approximate surface area is 297 Å². The van der Waals surface area contributed by atoms with Gasteiger partial charge in [0.15, 0.2) is 0 Å². The van der Waals surface area contributed by atoms with E-state index in [0.717, 1.165) is 44.1 Å². The number of hydrogen-bond donors (Lipinski definition) is 0. The number of ether oxygens (including phenoxy) is 2. The summed E-state index contributed by atoms with van der Waals surface area (Å²) in [6.07, 6.45) is 49.6. The highest BCUT2D eigenvalue weighted by Gasteiger charge is 2.16. The van der Waals surface area contributed by atoms with E-state index in [9.17, 15) is 4.79 Å². The van der Waals surface area contributed by atoms with Crippen molar-refractivity contribution in [2.45, 2.75) is 194 Å².